The molecule has 0 spiro atoms. The van der Waals surface area contributed by atoms with E-state index < -0.39 is 0 Å². The van der Waals surface area contributed by atoms with Gasteiger partial charge in [-0.05, 0) is 18.8 Å². The predicted octanol–water partition coefficient (Wildman–Crippen LogP) is 1.04. The molecular formula is C13H26N2O2. The quantitative estimate of drug-likeness (QED) is 0.625. The van der Waals surface area contributed by atoms with Gasteiger partial charge >= 0.3 is 0 Å². The van der Waals surface area contributed by atoms with Crippen molar-refractivity contribution in [1.82, 2.24) is 10.6 Å². The van der Waals surface area contributed by atoms with E-state index >= 15 is 0 Å². The van der Waals surface area contributed by atoms with Gasteiger partial charge < -0.3 is 15.7 Å². The van der Waals surface area contributed by atoms with E-state index in [0.29, 0.717) is 18.9 Å². The number of unbranched alkanes of at least 4 members (excludes halogenated alkanes) is 1. The van der Waals surface area contributed by atoms with Crippen LogP contribution in [0.3, 0.4) is 0 Å². The van der Waals surface area contributed by atoms with Crippen molar-refractivity contribution in [1.29, 1.82) is 0 Å². The first-order valence-electron chi connectivity index (χ1n) is 6.86. The molecule has 3 unspecified atom stereocenters. The summed E-state index contributed by atoms with van der Waals surface area (Å²) in [4.78, 5) is 11.8. The predicted molar refractivity (Wildman–Crippen MR) is 68.7 cm³/mol. The minimum absolute atomic E-state index is 0.0384. The molecule has 1 saturated heterocycles. The van der Waals surface area contributed by atoms with Crippen molar-refractivity contribution in [2.45, 2.75) is 58.1 Å². The van der Waals surface area contributed by atoms with Crippen LogP contribution in [-0.4, -0.2) is 36.2 Å². The second-order valence-corrected chi connectivity index (χ2v) is 5.01. The monoisotopic (exact) mass is 242 g/mol. The van der Waals surface area contributed by atoms with Crippen molar-refractivity contribution >= 4 is 5.91 Å². The third-order valence-corrected chi connectivity index (χ3v) is 3.53. The summed E-state index contributed by atoms with van der Waals surface area (Å²) < 4.78 is 0. The Bertz CT molecular complexity index is 233. The van der Waals surface area contributed by atoms with E-state index in [0.717, 1.165) is 13.0 Å². The number of hydrogen-bond acceptors (Lipinski definition) is 3. The standard InChI is InChI=1S/C13H26N2O2/c1-3-5-6-10(4-2)8-15-13(17)12-7-11(16)9-14-12/h10-12,14,16H,3-9H2,1-2H3,(H,15,17). The highest BCUT2D eigenvalue weighted by Gasteiger charge is 2.27. The number of aliphatic hydroxyl groups excluding tert-OH is 1. The van der Waals surface area contributed by atoms with E-state index in [4.69, 9.17) is 0 Å². The van der Waals surface area contributed by atoms with Crippen LogP contribution < -0.4 is 10.6 Å². The number of carbonyl (C=O) groups excluding carboxylic acids is 1. The van der Waals surface area contributed by atoms with Gasteiger partial charge in [-0.1, -0.05) is 33.1 Å². The summed E-state index contributed by atoms with van der Waals surface area (Å²) in [5.41, 5.74) is 0. The van der Waals surface area contributed by atoms with Gasteiger partial charge in [0, 0.05) is 13.1 Å². The number of rotatable bonds is 7. The molecule has 0 radical (unpaired) electrons. The molecule has 0 aromatic rings. The normalized spacial score (nSPS) is 25.8. The van der Waals surface area contributed by atoms with Gasteiger partial charge in [0.25, 0.3) is 0 Å². The lowest BCUT2D eigenvalue weighted by Gasteiger charge is -2.17. The third kappa shape index (κ3) is 5.04. The zero-order chi connectivity index (χ0) is 12.7. The fourth-order valence-corrected chi connectivity index (χ4v) is 2.23. The van der Waals surface area contributed by atoms with Crippen molar-refractivity contribution in [3.63, 3.8) is 0 Å². The van der Waals surface area contributed by atoms with Crippen molar-refractivity contribution in [3.8, 4) is 0 Å². The minimum Gasteiger partial charge on any atom is -0.392 e. The van der Waals surface area contributed by atoms with E-state index in [-0.39, 0.29) is 18.1 Å². The molecule has 1 rings (SSSR count). The minimum atomic E-state index is -0.368. The lowest BCUT2D eigenvalue weighted by atomic mass is 9.99. The maximum absolute atomic E-state index is 11.8. The van der Waals surface area contributed by atoms with Gasteiger partial charge in [-0.15, -0.1) is 0 Å². The first-order chi connectivity index (χ1) is 8.17. The van der Waals surface area contributed by atoms with Gasteiger partial charge in [0.15, 0.2) is 0 Å². The van der Waals surface area contributed by atoms with Crippen LogP contribution in [0.2, 0.25) is 0 Å². The Balaban J connectivity index is 2.21. The Kier molecular flexibility index (Phi) is 6.52. The average molecular weight is 242 g/mol. The summed E-state index contributed by atoms with van der Waals surface area (Å²) in [6, 6.07) is -0.200. The van der Waals surface area contributed by atoms with Gasteiger partial charge in [0.2, 0.25) is 5.91 Å². The molecule has 3 atom stereocenters. The Hall–Kier alpha value is -0.610. The van der Waals surface area contributed by atoms with Crippen LogP contribution in [0.25, 0.3) is 0 Å². The van der Waals surface area contributed by atoms with Gasteiger partial charge in [-0.3, -0.25) is 4.79 Å². The van der Waals surface area contributed by atoms with Crippen LogP contribution in [0.5, 0.6) is 0 Å². The first-order valence-corrected chi connectivity index (χ1v) is 6.86. The molecule has 100 valence electrons. The number of amides is 1. The lowest BCUT2D eigenvalue weighted by Crippen LogP contribution is -2.42. The van der Waals surface area contributed by atoms with E-state index in [2.05, 4.69) is 24.5 Å². The average Bonchev–Trinajstić information content (AvgIpc) is 2.76. The number of hydrogen-bond donors (Lipinski definition) is 3. The summed E-state index contributed by atoms with van der Waals surface area (Å²) in [5.74, 6) is 0.627. The summed E-state index contributed by atoms with van der Waals surface area (Å²) in [5, 5.41) is 15.4. The molecule has 0 aromatic carbocycles. The summed E-state index contributed by atoms with van der Waals surface area (Å²) >= 11 is 0. The smallest absolute Gasteiger partial charge is 0.237 e. The van der Waals surface area contributed by atoms with Gasteiger partial charge in [0.05, 0.1) is 12.1 Å². The number of β-amino-alcohol motifs (C(OH)–C–C–N with tert-alkyl or cyclic N) is 1. The van der Waals surface area contributed by atoms with E-state index in [1.54, 1.807) is 0 Å². The molecule has 0 aromatic heterocycles. The Labute approximate surface area is 104 Å². The molecule has 0 aliphatic carbocycles. The van der Waals surface area contributed by atoms with Gasteiger partial charge in [-0.2, -0.15) is 0 Å². The zero-order valence-electron chi connectivity index (χ0n) is 11.0. The molecule has 1 fully saturated rings. The SMILES string of the molecule is CCCCC(CC)CNC(=O)C1CC(O)CN1. The van der Waals surface area contributed by atoms with Gasteiger partial charge in [-0.25, -0.2) is 0 Å². The maximum atomic E-state index is 11.8. The molecule has 3 N–H and O–H groups in total. The first kappa shape index (κ1) is 14.5. The van der Waals surface area contributed by atoms with E-state index in [1.165, 1.54) is 19.3 Å². The molecule has 17 heavy (non-hydrogen) atoms. The van der Waals surface area contributed by atoms with Crippen molar-refractivity contribution in [2.75, 3.05) is 13.1 Å². The number of nitrogens with one attached hydrogen (secondary N) is 2. The third-order valence-electron chi connectivity index (χ3n) is 3.53. The van der Waals surface area contributed by atoms with Crippen molar-refractivity contribution in [2.24, 2.45) is 5.92 Å². The molecule has 1 heterocycles. The second-order valence-electron chi connectivity index (χ2n) is 5.01. The molecule has 1 amide bonds. The highest BCUT2D eigenvalue weighted by atomic mass is 16.3. The highest BCUT2D eigenvalue weighted by Crippen LogP contribution is 2.12. The number of aliphatic hydroxyl groups is 1. The molecule has 4 nitrogen and oxygen atoms in total. The molecule has 1 aliphatic rings. The Morgan fingerprint density at radius 2 is 2.29 bits per heavy atom. The summed E-state index contributed by atoms with van der Waals surface area (Å²) in [6.07, 6.45) is 4.91. The lowest BCUT2D eigenvalue weighted by molar-refractivity contribution is -0.123. The van der Waals surface area contributed by atoms with Crippen molar-refractivity contribution in [3.05, 3.63) is 0 Å². The zero-order valence-corrected chi connectivity index (χ0v) is 11.0. The molecule has 0 saturated carbocycles. The number of carbonyl (C=O) groups is 1. The van der Waals surface area contributed by atoms with Crippen molar-refractivity contribution < 1.29 is 9.90 Å². The van der Waals surface area contributed by atoms with Crippen LogP contribution >= 0.6 is 0 Å². The van der Waals surface area contributed by atoms with Crippen LogP contribution in [0.15, 0.2) is 0 Å². The molecule has 4 heteroatoms. The Morgan fingerprint density at radius 3 is 2.82 bits per heavy atom. The van der Waals surface area contributed by atoms with Crippen LogP contribution in [-0.2, 0) is 4.79 Å². The topological polar surface area (TPSA) is 61.4 Å². The Morgan fingerprint density at radius 1 is 1.53 bits per heavy atom. The fraction of sp³-hybridized carbons (Fsp3) is 0.923. The van der Waals surface area contributed by atoms with E-state index in [9.17, 15) is 9.90 Å². The largest absolute Gasteiger partial charge is 0.392 e. The molecular weight excluding hydrogens is 216 g/mol. The molecule has 0 bridgehead atoms. The maximum Gasteiger partial charge on any atom is 0.237 e. The highest BCUT2D eigenvalue weighted by molar-refractivity contribution is 5.82. The summed E-state index contributed by atoms with van der Waals surface area (Å²) in [7, 11) is 0. The van der Waals surface area contributed by atoms with Crippen LogP contribution in [0, 0.1) is 5.92 Å². The van der Waals surface area contributed by atoms with Crippen LogP contribution in [0.1, 0.15) is 46.0 Å². The molecule has 1 aliphatic heterocycles. The van der Waals surface area contributed by atoms with Crippen LogP contribution in [0.4, 0.5) is 0 Å². The van der Waals surface area contributed by atoms with Gasteiger partial charge in [0.1, 0.15) is 0 Å². The second kappa shape index (κ2) is 7.67. The fourth-order valence-electron chi connectivity index (χ4n) is 2.23. The van der Waals surface area contributed by atoms with E-state index in [1.807, 2.05) is 0 Å². The summed E-state index contributed by atoms with van der Waals surface area (Å²) in [6.45, 7) is 5.66.